The average molecular weight is 335 g/mol. The molecule has 7 nitrogen and oxygen atoms in total. The van der Waals surface area contributed by atoms with Gasteiger partial charge in [0, 0.05) is 38.5 Å². The number of hydrogen-bond acceptors (Lipinski definition) is 5. The van der Waals surface area contributed by atoms with Gasteiger partial charge in [-0.05, 0) is 12.8 Å². The Bertz CT molecular complexity index is 715. The second-order valence-electron chi connectivity index (χ2n) is 6.08. The molecule has 1 aliphatic carbocycles. The summed E-state index contributed by atoms with van der Waals surface area (Å²) in [6.07, 6.45) is 6.67. The van der Waals surface area contributed by atoms with Crippen molar-refractivity contribution in [2.75, 3.05) is 26.1 Å². The Kier molecular flexibility index (Phi) is 4.20. The van der Waals surface area contributed by atoms with Gasteiger partial charge in [0.1, 0.15) is 14.7 Å². The van der Waals surface area contributed by atoms with Crippen LogP contribution >= 0.6 is 0 Å². The molecule has 1 heterocycles. The van der Waals surface area contributed by atoms with E-state index in [1.807, 2.05) is 0 Å². The van der Waals surface area contributed by atoms with Crippen molar-refractivity contribution in [1.82, 2.24) is 14.1 Å². The monoisotopic (exact) mass is 335 g/mol. The van der Waals surface area contributed by atoms with Gasteiger partial charge in [-0.25, -0.2) is 21.1 Å². The summed E-state index contributed by atoms with van der Waals surface area (Å²) < 4.78 is 49.8. The smallest absolute Gasteiger partial charge is 0.245 e. The zero-order valence-corrected chi connectivity index (χ0v) is 14.1. The van der Waals surface area contributed by atoms with Crippen LogP contribution in [0.4, 0.5) is 0 Å². The summed E-state index contributed by atoms with van der Waals surface area (Å²) in [4.78, 5) is 0.126. The van der Waals surface area contributed by atoms with E-state index in [2.05, 4.69) is 5.10 Å². The highest BCUT2D eigenvalue weighted by Gasteiger charge is 2.40. The summed E-state index contributed by atoms with van der Waals surface area (Å²) in [7, 11) is -3.64. The van der Waals surface area contributed by atoms with Crippen molar-refractivity contribution in [3.63, 3.8) is 0 Å². The molecule has 0 spiro atoms. The summed E-state index contributed by atoms with van der Waals surface area (Å²) in [5.41, 5.74) is -0.307. The first-order valence-corrected chi connectivity index (χ1v) is 10.2. The van der Waals surface area contributed by atoms with E-state index in [0.717, 1.165) is 23.6 Å². The maximum atomic E-state index is 12.0. The van der Waals surface area contributed by atoms with Crippen LogP contribution in [0.5, 0.6) is 0 Å². The molecule has 0 aliphatic heterocycles. The molecule has 1 fully saturated rings. The number of rotatable bonds is 6. The van der Waals surface area contributed by atoms with E-state index in [0.29, 0.717) is 6.54 Å². The standard InChI is InChI=1S/C12H21N3O4S2/c1-14(2)21(18,19)11-7-13-15(8-11)9-12(5-4-6-12)10-20(3,16)17/h7-8H,4-6,9-10H2,1-3H3. The second kappa shape index (κ2) is 5.36. The molecule has 9 heteroatoms. The van der Waals surface area contributed by atoms with Gasteiger partial charge in [0.2, 0.25) is 10.0 Å². The molecule has 21 heavy (non-hydrogen) atoms. The lowest BCUT2D eigenvalue weighted by molar-refractivity contribution is 0.129. The van der Waals surface area contributed by atoms with Crippen LogP contribution in [0.15, 0.2) is 17.3 Å². The predicted molar refractivity (Wildman–Crippen MR) is 79.1 cm³/mol. The minimum absolute atomic E-state index is 0.121. The lowest BCUT2D eigenvalue weighted by atomic mass is 9.70. The van der Waals surface area contributed by atoms with Gasteiger partial charge >= 0.3 is 0 Å². The zero-order valence-electron chi connectivity index (χ0n) is 12.5. The van der Waals surface area contributed by atoms with E-state index in [1.54, 1.807) is 4.68 Å². The molecule has 0 atom stereocenters. The molecule has 0 unspecified atom stereocenters. The Morgan fingerprint density at radius 3 is 2.33 bits per heavy atom. The fourth-order valence-corrected chi connectivity index (χ4v) is 5.05. The fourth-order valence-electron chi connectivity index (χ4n) is 2.70. The number of sulfone groups is 1. The molecular weight excluding hydrogens is 314 g/mol. The topological polar surface area (TPSA) is 89.3 Å². The summed E-state index contributed by atoms with van der Waals surface area (Å²) in [5.74, 6) is 0.121. The number of hydrogen-bond donors (Lipinski definition) is 0. The van der Waals surface area contributed by atoms with Crippen molar-refractivity contribution >= 4 is 19.9 Å². The SMILES string of the molecule is CN(C)S(=O)(=O)c1cnn(CC2(CS(C)(=O)=O)CCC2)c1. The molecule has 120 valence electrons. The van der Waals surface area contributed by atoms with E-state index in [-0.39, 0.29) is 16.1 Å². The molecule has 0 saturated heterocycles. The van der Waals surface area contributed by atoms with Gasteiger partial charge in [0.05, 0.1) is 11.9 Å². The molecule has 1 saturated carbocycles. The van der Waals surface area contributed by atoms with E-state index in [9.17, 15) is 16.8 Å². The van der Waals surface area contributed by atoms with E-state index in [4.69, 9.17) is 0 Å². The summed E-state index contributed by atoms with van der Waals surface area (Å²) in [6, 6.07) is 0. The van der Waals surface area contributed by atoms with Crippen molar-refractivity contribution in [3.05, 3.63) is 12.4 Å². The summed E-state index contributed by atoms with van der Waals surface area (Å²) >= 11 is 0. The van der Waals surface area contributed by atoms with Gasteiger partial charge in [-0.3, -0.25) is 4.68 Å². The first-order chi connectivity index (χ1) is 9.54. The van der Waals surface area contributed by atoms with Crippen molar-refractivity contribution in [2.24, 2.45) is 5.41 Å². The van der Waals surface area contributed by atoms with Crippen LogP contribution in [-0.2, 0) is 26.4 Å². The van der Waals surface area contributed by atoms with E-state index in [1.165, 1.54) is 32.7 Å². The molecule has 1 aromatic heterocycles. The third kappa shape index (κ3) is 3.64. The molecular formula is C12H21N3O4S2. The van der Waals surface area contributed by atoms with Gasteiger partial charge in [-0.15, -0.1) is 0 Å². The number of nitrogens with zero attached hydrogens (tertiary/aromatic N) is 3. The van der Waals surface area contributed by atoms with Crippen LogP contribution < -0.4 is 0 Å². The number of sulfonamides is 1. The summed E-state index contributed by atoms with van der Waals surface area (Å²) in [6.45, 7) is 0.434. The molecule has 0 N–H and O–H groups in total. The van der Waals surface area contributed by atoms with Crippen LogP contribution in [0.25, 0.3) is 0 Å². The Balaban J connectivity index is 2.19. The lowest BCUT2D eigenvalue weighted by Crippen LogP contribution is -2.40. The van der Waals surface area contributed by atoms with Crippen molar-refractivity contribution in [3.8, 4) is 0 Å². The highest BCUT2D eigenvalue weighted by atomic mass is 32.2. The molecule has 2 rings (SSSR count). The van der Waals surface area contributed by atoms with Crippen LogP contribution in [0, 0.1) is 5.41 Å². The molecule has 0 bridgehead atoms. The van der Waals surface area contributed by atoms with E-state index < -0.39 is 19.9 Å². The Labute approximate surface area is 125 Å². The highest BCUT2D eigenvalue weighted by Crippen LogP contribution is 2.43. The van der Waals surface area contributed by atoms with Crippen LogP contribution in [0.1, 0.15) is 19.3 Å². The maximum Gasteiger partial charge on any atom is 0.245 e. The second-order valence-corrected chi connectivity index (χ2v) is 10.4. The minimum Gasteiger partial charge on any atom is -0.271 e. The summed E-state index contributed by atoms with van der Waals surface area (Å²) in [5, 5.41) is 4.08. The normalized spacial score (nSPS) is 18.7. The van der Waals surface area contributed by atoms with Gasteiger partial charge in [0.25, 0.3) is 0 Å². The number of aromatic nitrogens is 2. The highest BCUT2D eigenvalue weighted by molar-refractivity contribution is 7.90. The zero-order chi connectivity index (χ0) is 15.9. The third-order valence-corrected chi connectivity index (χ3v) is 6.77. The maximum absolute atomic E-state index is 12.0. The third-order valence-electron chi connectivity index (χ3n) is 3.87. The Hall–Kier alpha value is -0.930. The van der Waals surface area contributed by atoms with Gasteiger partial charge in [-0.2, -0.15) is 5.10 Å². The molecule has 1 aromatic rings. The fraction of sp³-hybridized carbons (Fsp3) is 0.750. The van der Waals surface area contributed by atoms with Crippen molar-refractivity contribution < 1.29 is 16.8 Å². The molecule has 0 amide bonds. The first-order valence-electron chi connectivity index (χ1n) is 6.67. The molecule has 0 aromatic carbocycles. The van der Waals surface area contributed by atoms with Crippen LogP contribution in [0.3, 0.4) is 0 Å². The van der Waals surface area contributed by atoms with Crippen molar-refractivity contribution in [1.29, 1.82) is 0 Å². The van der Waals surface area contributed by atoms with Crippen molar-refractivity contribution in [2.45, 2.75) is 30.7 Å². The first kappa shape index (κ1) is 16.4. The van der Waals surface area contributed by atoms with Gasteiger partial charge < -0.3 is 0 Å². The van der Waals surface area contributed by atoms with Gasteiger partial charge in [-0.1, -0.05) is 6.42 Å². The van der Waals surface area contributed by atoms with E-state index >= 15 is 0 Å². The van der Waals surface area contributed by atoms with Crippen LogP contribution in [-0.4, -0.2) is 57.0 Å². The average Bonchev–Trinajstić information content (AvgIpc) is 2.73. The largest absolute Gasteiger partial charge is 0.271 e. The lowest BCUT2D eigenvalue weighted by Gasteiger charge is -2.41. The quantitative estimate of drug-likeness (QED) is 0.748. The molecule has 0 radical (unpaired) electrons. The Morgan fingerprint density at radius 2 is 1.90 bits per heavy atom. The molecule has 1 aliphatic rings. The minimum atomic E-state index is -3.50. The van der Waals surface area contributed by atoms with Crippen LogP contribution in [0.2, 0.25) is 0 Å². The van der Waals surface area contributed by atoms with Gasteiger partial charge in [0.15, 0.2) is 0 Å². The predicted octanol–water partition coefficient (Wildman–Crippen LogP) is 0.348. The Morgan fingerprint density at radius 1 is 1.29 bits per heavy atom.